The normalized spacial score (nSPS) is 14.8. The van der Waals surface area contributed by atoms with E-state index in [1.807, 2.05) is 94.4 Å². The molecule has 4 saturated heterocycles. The van der Waals surface area contributed by atoms with Crippen LogP contribution in [-0.4, -0.2) is 229 Å². The molecule has 4 aliphatic heterocycles. The molecule has 47 heteroatoms. The van der Waals surface area contributed by atoms with E-state index in [0.29, 0.717) is 160 Å². The van der Waals surface area contributed by atoms with Gasteiger partial charge >= 0.3 is 47.0 Å². The van der Waals surface area contributed by atoms with Crippen molar-refractivity contribution in [2.24, 2.45) is 11.8 Å². The number of piperidine rings is 4. The summed E-state index contributed by atoms with van der Waals surface area (Å²) >= 11 is -1.50. The number of nitro groups is 1. The maximum absolute atomic E-state index is 14.5. The summed E-state index contributed by atoms with van der Waals surface area (Å²) in [5.41, 5.74) is 3.70. The molecule has 708 valence electrons. The summed E-state index contributed by atoms with van der Waals surface area (Å²) in [7, 11) is -5.63. The maximum Gasteiger partial charge on any atom is 0.410 e. The Morgan fingerprint density at radius 2 is 1.16 bits per heavy atom. The summed E-state index contributed by atoms with van der Waals surface area (Å²) in [4.78, 5) is 80.7. The van der Waals surface area contributed by atoms with Crippen LogP contribution in [0.3, 0.4) is 0 Å². The number of ether oxygens (including phenoxy) is 6. The second-order valence-corrected chi connectivity index (χ2v) is 36.6. The third-order valence-electron chi connectivity index (χ3n) is 21.2. The number of nitrogens with zero attached hydrogens (tertiary/aromatic N) is 18. The standard InChI is InChI=1S/C21H24FN7O5S.C21H24FN5O3.C21H30FN3O4S.C21H29N5O4.2O2S/c1-12(2)18-26-21(34-27-18)13-6-8-28(9-7-13)20-17(29(30)31)19(23-11-24-20)25-16-5-4-14(10-15(16)22)35(3,32)33;1-13(2)29-21(28)26-8-6-15(7-9-26)30-20-16-11-25-27(19(16)23-12-24-20)18-5-4-14(3)10-17(18)22;1-14(2)20-23-21(29-24-20)25-10-7-16(8-11-25)15(3)9-12-28-17-5-6-19(18(22)13-17)30(4,26)27;1-13(2)29-21(27)26-10-8-16(9-11-26)30-20-18(28-5)19(22-12-23-20)25-17-7-6-14(3)24-15(17)4;2*1-3-2/h4-5,10-13H,6-9H2,1-3H3,(H,23,24,25);4-5,10-13,15H,6-9H2,1-3H3;5-6,13-16H,7-12H2,1-4H3;6-7,12-13,16H,8-11H2,1-5H3,(H,22,23,25);;/t;;15-;;;/m..1.../s1. The van der Waals surface area contributed by atoms with E-state index in [1.165, 1.54) is 47.7 Å². The molecular formula is C84H107F3N20O20S4. The minimum absolute atomic E-state index is 0.0344. The number of hydrogen-bond acceptors (Lipinski definition) is 36. The van der Waals surface area contributed by atoms with Gasteiger partial charge in [-0.15, -0.1) is 0 Å². The molecule has 14 rings (SSSR count). The molecular weight excluding hydrogens is 1790 g/mol. The first-order valence-electron chi connectivity index (χ1n) is 42.0. The van der Waals surface area contributed by atoms with Crippen molar-refractivity contribution in [3.63, 3.8) is 0 Å². The zero-order valence-corrected chi connectivity index (χ0v) is 78.3. The number of rotatable bonds is 25. The largest absolute Gasteiger partial charge is 0.493 e. The Morgan fingerprint density at radius 3 is 1.70 bits per heavy atom. The third-order valence-corrected chi connectivity index (χ3v) is 23.4. The van der Waals surface area contributed by atoms with E-state index in [2.05, 4.69) is 82.7 Å². The van der Waals surface area contributed by atoms with Gasteiger partial charge in [-0.1, -0.05) is 51.0 Å². The Hall–Kier alpha value is -12.5. The highest BCUT2D eigenvalue weighted by Crippen LogP contribution is 2.40. The Balaban J connectivity index is 0.000000193. The molecule has 3 aromatic carbocycles. The summed E-state index contributed by atoms with van der Waals surface area (Å²) in [5.74, 6) is 3.31. The number of carbonyl (C=O) groups is 2. The molecule has 0 aliphatic carbocycles. The zero-order chi connectivity index (χ0) is 95.6. The number of hydrogen-bond donors (Lipinski definition) is 2. The number of aryl methyl sites for hydroxylation is 3. The molecule has 0 saturated carbocycles. The lowest BCUT2D eigenvalue weighted by molar-refractivity contribution is -0.383. The van der Waals surface area contributed by atoms with Crippen LogP contribution in [0.5, 0.6) is 23.3 Å². The van der Waals surface area contributed by atoms with Gasteiger partial charge in [0.15, 0.2) is 42.8 Å². The minimum atomic E-state index is -3.61. The first kappa shape index (κ1) is 102. The number of sulfone groups is 2. The van der Waals surface area contributed by atoms with Crippen LogP contribution in [0.1, 0.15) is 172 Å². The molecule has 11 heterocycles. The Morgan fingerprint density at radius 1 is 0.603 bits per heavy atom. The van der Waals surface area contributed by atoms with Gasteiger partial charge in [0.2, 0.25) is 29.2 Å². The first-order chi connectivity index (χ1) is 62.3. The molecule has 10 aromatic rings. The highest BCUT2D eigenvalue weighted by Gasteiger charge is 2.35. The van der Waals surface area contributed by atoms with Crippen molar-refractivity contribution in [3.05, 3.63) is 154 Å². The third kappa shape index (κ3) is 29.0. The lowest BCUT2D eigenvalue weighted by atomic mass is 9.84. The maximum atomic E-state index is 14.5. The Bertz CT molecular complexity index is 5830. The van der Waals surface area contributed by atoms with Crippen LogP contribution in [0.25, 0.3) is 16.7 Å². The fourth-order valence-corrected chi connectivity index (χ4v) is 15.6. The van der Waals surface area contributed by atoms with E-state index in [-0.39, 0.29) is 87.3 Å². The van der Waals surface area contributed by atoms with Crippen LogP contribution in [0.4, 0.5) is 63.3 Å². The summed E-state index contributed by atoms with van der Waals surface area (Å²) in [5, 5.41) is 30.7. The summed E-state index contributed by atoms with van der Waals surface area (Å²) in [6.45, 7) is 28.7. The molecule has 7 aromatic heterocycles. The number of carbonyl (C=O) groups excluding carboxylic acids is 2. The van der Waals surface area contributed by atoms with Gasteiger partial charge in [-0.2, -0.15) is 36.9 Å². The molecule has 0 radical (unpaired) electrons. The van der Waals surface area contributed by atoms with Gasteiger partial charge in [-0.05, 0) is 153 Å². The van der Waals surface area contributed by atoms with Crippen LogP contribution < -0.4 is 39.4 Å². The predicted octanol–water partition coefficient (Wildman–Crippen LogP) is 13.6. The van der Waals surface area contributed by atoms with E-state index in [4.69, 9.17) is 54.3 Å². The highest BCUT2D eigenvalue weighted by atomic mass is 32.2. The number of likely N-dealkylation sites (tertiary alicyclic amines) is 2. The number of pyridine rings is 1. The van der Waals surface area contributed by atoms with E-state index >= 15 is 0 Å². The van der Waals surface area contributed by atoms with Gasteiger partial charge in [0.25, 0.3) is 5.88 Å². The van der Waals surface area contributed by atoms with Crippen molar-refractivity contribution >= 4 is 107 Å². The zero-order valence-electron chi connectivity index (χ0n) is 75.1. The van der Waals surface area contributed by atoms with Crippen molar-refractivity contribution in [1.82, 2.24) is 74.7 Å². The van der Waals surface area contributed by atoms with Gasteiger partial charge in [-0.25, -0.2) is 69.2 Å². The fourth-order valence-electron chi connectivity index (χ4n) is 14.2. The van der Waals surface area contributed by atoms with E-state index < -0.39 is 65.1 Å². The predicted molar refractivity (Wildman–Crippen MR) is 475 cm³/mol. The van der Waals surface area contributed by atoms with Gasteiger partial charge in [0, 0.05) is 120 Å². The lowest BCUT2D eigenvalue weighted by Gasteiger charge is -2.33. The van der Waals surface area contributed by atoms with Crippen LogP contribution in [0.15, 0.2) is 111 Å². The van der Waals surface area contributed by atoms with Crippen LogP contribution in [0, 0.1) is 60.2 Å². The number of halogens is 3. The Kier molecular flexibility index (Phi) is 37.3. The topological polar surface area (TPSA) is 492 Å². The second-order valence-electron chi connectivity index (χ2n) is 32.3. The summed E-state index contributed by atoms with van der Waals surface area (Å²) in [6, 6.07) is 16.6. The molecule has 131 heavy (non-hydrogen) atoms. The number of methoxy groups -OCH3 is 1. The van der Waals surface area contributed by atoms with E-state index in [0.717, 1.165) is 91.8 Å². The highest BCUT2D eigenvalue weighted by molar-refractivity contribution is 7.91. The summed E-state index contributed by atoms with van der Waals surface area (Å²) < 4.78 is 169. The van der Waals surface area contributed by atoms with Crippen molar-refractivity contribution < 1.29 is 98.8 Å². The molecule has 0 bridgehead atoms. The van der Waals surface area contributed by atoms with Gasteiger partial charge in [0.05, 0.1) is 59.0 Å². The molecule has 4 aliphatic rings. The molecule has 0 spiro atoms. The van der Waals surface area contributed by atoms with E-state index in [1.54, 1.807) is 34.1 Å². The molecule has 2 N–H and O–H groups in total. The lowest BCUT2D eigenvalue weighted by Crippen LogP contribution is -2.42. The van der Waals surface area contributed by atoms with Crippen molar-refractivity contribution in [2.75, 3.05) is 99.0 Å². The SMILES string of the molecule is CC(C)c1noc(C2CCN(c3ncnc(Nc4ccc(S(C)(=O)=O)cc4F)c3[N+](=O)[O-])CC2)n1.CC(C)c1noc(N2CCC([C@H](C)CCOc3ccc(S(C)(=O)=O)c(F)c3)CC2)n1.COc1c(Nc2ccc(C)nc2C)ncnc1OC1CCN(C(=O)OC(C)C)CC1.Cc1ccc(-n2ncc3c(OC4CCN(C(=O)OC(C)C)CC4)ncnc32)c(F)c1.O=S=O.O=S=O. The number of benzene rings is 3. The van der Waals surface area contributed by atoms with Crippen molar-refractivity contribution in [3.8, 4) is 28.9 Å². The molecule has 4 fully saturated rings. The average molecular weight is 1900 g/mol. The monoisotopic (exact) mass is 1900 g/mol. The van der Waals surface area contributed by atoms with Crippen molar-refractivity contribution in [1.29, 1.82) is 0 Å². The number of anilines is 6. The molecule has 0 unspecified atom stereocenters. The molecule has 40 nitrogen and oxygen atoms in total. The number of aromatic nitrogens is 13. The molecule has 2 amide bonds. The quantitative estimate of drug-likeness (QED) is 0.0396. The van der Waals surface area contributed by atoms with Gasteiger partial charge in [-0.3, -0.25) is 15.1 Å². The number of nitrogens with one attached hydrogen (secondary N) is 2. The minimum Gasteiger partial charge on any atom is -0.493 e. The number of fused-ring (bicyclic) bond motifs is 1. The van der Waals surface area contributed by atoms with Crippen LogP contribution in [-0.2, 0) is 52.3 Å². The van der Waals surface area contributed by atoms with Gasteiger partial charge < -0.3 is 67.7 Å². The number of amides is 2. The van der Waals surface area contributed by atoms with E-state index in [9.17, 15) is 49.7 Å². The van der Waals surface area contributed by atoms with Crippen LogP contribution in [0.2, 0.25) is 0 Å². The van der Waals surface area contributed by atoms with Crippen molar-refractivity contribution in [2.45, 2.75) is 193 Å². The molecule has 1 atom stereocenters. The average Bonchev–Trinajstić information content (AvgIpc) is 1.77. The Labute approximate surface area is 762 Å². The van der Waals surface area contributed by atoms with Crippen LogP contribution >= 0.6 is 0 Å². The smallest absolute Gasteiger partial charge is 0.410 e. The first-order valence-corrected chi connectivity index (χ1v) is 47.1. The fraction of sp³-hybridized carbons (Fsp3) is 0.500. The van der Waals surface area contributed by atoms with Gasteiger partial charge in [0.1, 0.15) is 70.4 Å². The summed E-state index contributed by atoms with van der Waals surface area (Å²) in [6.07, 6.45) is 13.4. The second kappa shape index (κ2) is 47.9.